The summed E-state index contributed by atoms with van der Waals surface area (Å²) in [7, 11) is 2.05. The molecule has 4 heteroatoms. The van der Waals surface area contributed by atoms with E-state index < -0.39 is 0 Å². The highest BCUT2D eigenvalue weighted by Gasteiger charge is 2.20. The first-order valence-electron chi connectivity index (χ1n) is 7.23. The van der Waals surface area contributed by atoms with Gasteiger partial charge in [0.1, 0.15) is 6.79 Å². The second-order valence-corrected chi connectivity index (χ2v) is 4.38. The molecular weight excluding hydrogens is 226 g/mol. The molecule has 1 aliphatic rings. The van der Waals surface area contributed by atoms with Crippen LogP contribution in [-0.4, -0.2) is 39.5 Å². The van der Waals surface area contributed by atoms with Crippen molar-refractivity contribution in [3.8, 4) is 0 Å². The van der Waals surface area contributed by atoms with Gasteiger partial charge in [0.05, 0.1) is 0 Å². The van der Waals surface area contributed by atoms with Crippen LogP contribution < -0.4 is 16.4 Å². The van der Waals surface area contributed by atoms with Gasteiger partial charge in [0.15, 0.2) is 0 Å². The molecule has 0 aliphatic heterocycles. The molecule has 0 saturated heterocycles. The highest BCUT2D eigenvalue weighted by molar-refractivity contribution is 5.10. The third kappa shape index (κ3) is 10.7. The molecule has 0 heterocycles. The zero-order chi connectivity index (χ0) is 14.2. The molecule has 0 amide bonds. The van der Waals surface area contributed by atoms with E-state index in [1.54, 1.807) is 0 Å². The fourth-order valence-corrected chi connectivity index (χ4v) is 2.36. The molecule has 1 aliphatic carbocycles. The molecule has 4 N–H and O–H groups in total. The van der Waals surface area contributed by atoms with E-state index >= 15 is 0 Å². The summed E-state index contributed by atoms with van der Waals surface area (Å²) in [6.45, 7) is 9.07. The lowest BCUT2D eigenvalue weighted by Crippen LogP contribution is -2.37. The molecule has 110 valence electrons. The number of carbonyl (C=O) groups is 1. The minimum Gasteiger partial charge on any atom is -0.330 e. The third-order valence-corrected chi connectivity index (χ3v) is 3.09. The molecule has 2 atom stereocenters. The van der Waals surface area contributed by atoms with Crippen molar-refractivity contribution in [3.05, 3.63) is 0 Å². The van der Waals surface area contributed by atoms with Gasteiger partial charge in [-0.05, 0) is 58.3 Å². The summed E-state index contributed by atoms with van der Waals surface area (Å²) >= 11 is 0. The van der Waals surface area contributed by atoms with Gasteiger partial charge in [-0.25, -0.2) is 0 Å². The standard InChI is InChI=1S/C11H25N3.C2H6.CH2O/c1-13-9-10-4-2-5-11(8-10)14-7-3-6-12;2*1-2/h10-11,13-14H,2-9,12H2,1H3;1-2H3;1H2. The smallest absolute Gasteiger partial charge is 0.106 e. The van der Waals surface area contributed by atoms with Crippen LogP contribution in [0, 0.1) is 5.92 Å². The predicted octanol–water partition coefficient (Wildman–Crippen LogP) is 1.54. The normalized spacial score (nSPS) is 22.2. The average molecular weight is 259 g/mol. The lowest BCUT2D eigenvalue weighted by Gasteiger charge is -2.29. The van der Waals surface area contributed by atoms with Gasteiger partial charge in [0.25, 0.3) is 0 Å². The summed E-state index contributed by atoms with van der Waals surface area (Å²) in [5.41, 5.74) is 5.47. The van der Waals surface area contributed by atoms with E-state index in [2.05, 4.69) is 10.6 Å². The van der Waals surface area contributed by atoms with Gasteiger partial charge in [-0.2, -0.15) is 0 Å². The summed E-state index contributed by atoms with van der Waals surface area (Å²) in [6, 6.07) is 0.744. The molecular formula is C14H33N3O. The maximum atomic E-state index is 8.00. The van der Waals surface area contributed by atoms with Crippen LogP contribution in [0.15, 0.2) is 0 Å². The Hall–Kier alpha value is -0.450. The van der Waals surface area contributed by atoms with E-state index in [4.69, 9.17) is 10.5 Å². The second-order valence-electron chi connectivity index (χ2n) is 4.38. The van der Waals surface area contributed by atoms with Gasteiger partial charge in [-0.15, -0.1) is 0 Å². The number of hydrogen-bond donors (Lipinski definition) is 3. The monoisotopic (exact) mass is 259 g/mol. The van der Waals surface area contributed by atoms with Crippen molar-refractivity contribution in [3.63, 3.8) is 0 Å². The molecule has 0 radical (unpaired) electrons. The molecule has 0 aromatic carbocycles. The van der Waals surface area contributed by atoms with Crippen LogP contribution in [0.4, 0.5) is 0 Å². The van der Waals surface area contributed by atoms with Crippen LogP contribution in [0.3, 0.4) is 0 Å². The summed E-state index contributed by atoms with van der Waals surface area (Å²) in [4.78, 5) is 8.00. The van der Waals surface area contributed by atoms with Gasteiger partial charge in [-0.1, -0.05) is 20.3 Å². The molecule has 0 bridgehead atoms. The van der Waals surface area contributed by atoms with Crippen LogP contribution in [-0.2, 0) is 4.79 Å². The Morgan fingerprint density at radius 2 is 1.94 bits per heavy atom. The van der Waals surface area contributed by atoms with Gasteiger partial charge in [0.2, 0.25) is 0 Å². The molecule has 18 heavy (non-hydrogen) atoms. The SMILES string of the molecule is C=O.CC.CNCC1CCCC(NCCCN)C1. The van der Waals surface area contributed by atoms with Gasteiger partial charge < -0.3 is 21.2 Å². The minimum atomic E-state index is 0.744. The first-order chi connectivity index (χ1) is 8.86. The molecule has 1 saturated carbocycles. The molecule has 0 spiro atoms. The first-order valence-corrected chi connectivity index (χ1v) is 7.23. The Morgan fingerprint density at radius 1 is 1.28 bits per heavy atom. The molecule has 0 aromatic rings. The van der Waals surface area contributed by atoms with Crippen molar-refractivity contribution in [1.82, 2.24) is 10.6 Å². The quantitative estimate of drug-likeness (QED) is 0.633. The molecule has 4 nitrogen and oxygen atoms in total. The van der Waals surface area contributed by atoms with Crippen LogP contribution in [0.5, 0.6) is 0 Å². The minimum absolute atomic E-state index is 0.744. The van der Waals surface area contributed by atoms with E-state index in [0.29, 0.717) is 0 Å². The molecule has 1 fully saturated rings. The van der Waals surface area contributed by atoms with Crippen molar-refractivity contribution in [2.24, 2.45) is 11.7 Å². The fourth-order valence-electron chi connectivity index (χ4n) is 2.36. The molecule has 0 aromatic heterocycles. The van der Waals surface area contributed by atoms with Gasteiger partial charge in [0, 0.05) is 6.04 Å². The Kier molecular flexibility index (Phi) is 18.3. The van der Waals surface area contributed by atoms with Crippen LogP contribution >= 0.6 is 0 Å². The molecule has 2 unspecified atom stereocenters. The number of nitrogens with one attached hydrogen (secondary N) is 2. The molecule has 1 rings (SSSR count). The maximum absolute atomic E-state index is 8.00. The Morgan fingerprint density at radius 3 is 2.50 bits per heavy atom. The predicted molar refractivity (Wildman–Crippen MR) is 79.8 cm³/mol. The largest absolute Gasteiger partial charge is 0.330 e. The number of nitrogens with two attached hydrogens (primary N) is 1. The number of hydrogen-bond acceptors (Lipinski definition) is 4. The Bertz CT molecular complexity index is 154. The lowest BCUT2D eigenvalue weighted by molar-refractivity contribution is -0.0979. The van der Waals surface area contributed by atoms with Crippen LogP contribution in [0.2, 0.25) is 0 Å². The van der Waals surface area contributed by atoms with E-state index in [1.165, 1.54) is 32.2 Å². The zero-order valence-corrected chi connectivity index (χ0v) is 12.5. The van der Waals surface area contributed by atoms with Crippen molar-refractivity contribution < 1.29 is 4.79 Å². The summed E-state index contributed by atoms with van der Waals surface area (Å²) < 4.78 is 0. The van der Waals surface area contributed by atoms with Crippen LogP contribution in [0.1, 0.15) is 46.0 Å². The maximum Gasteiger partial charge on any atom is 0.106 e. The van der Waals surface area contributed by atoms with Crippen molar-refractivity contribution in [2.75, 3.05) is 26.7 Å². The van der Waals surface area contributed by atoms with E-state index in [1.807, 2.05) is 27.7 Å². The van der Waals surface area contributed by atoms with Gasteiger partial charge in [-0.3, -0.25) is 0 Å². The zero-order valence-electron chi connectivity index (χ0n) is 12.5. The van der Waals surface area contributed by atoms with E-state index in [0.717, 1.165) is 31.5 Å². The van der Waals surface area contributed by atoms with Crippen molar-refractivity contribution >= 4 is 6.79 Å². The Labute approximate surface area is 113 Å². The topological polar surface area (TPSA) is 67.2 Å². The highest BCUT2D eigenvalue weighted by Crippen LogP contribution is 2.23. The van der Waals surface area contributed by atoms with Crippen LogP contribution in [0.25, 0.3) is 0 Å². The van der Waals surface area contributed by atoms with Crippen molar-refractivity contribution in [2.45, 2.75) is 52.0 Å². The van der Waals surface area contributed by atoms with E-state index in [9.17, 15) is 0 Å². The summed E-state index contributed by atoms with van der Waals surface area (Å²) in [5.74, 6) is 0.879. The number of carbonyl (C=O) groups excluding carboxylic acids is 1. The second kappa shape index (κ2) is 16.6. The first kappa shape index (κ1) is 19.9. The third-order valence-electron chi connectivity index (χ3n) is 3.09. The summed E-state index contributed by atoms with van der Waals surface area (Å²) in [5, 5.41) is 6.88. The fraction of sp³-hybridized carbons (Fsp3) is 0.929. The number of rotatable bonds is 6. The summed E-state index contributed by atoms with van der Waals surface area (Å²) in [6.07, 6.45) is 6.58. The van der Waals surface area contributed by atoms with E-state index in [-0.39, 0.29) is 0 Å². The van der Waals surface area contributed by atoms with Crippen molar-refractivity contribution in [1.29, 1.82) is 0 Å². The van der Waals surface area contributed by atoms with Gasteiger partial charge >= 0.3 is 0 Å². The Balaban J connectivity index is 0. The average Bonchev–Trinajstić information content (AvgIpc) is 2.44. The highest BCUT2D eigenvalue weighted by atomic mass is 16.1. The lowest BCUT2D eigenvalue weighted by atomic mass is 9.85.